The Kier molecular flexibility index (Phi) is 4.46. The summed E-state index contributed by atoms with van der Waals surface area (Å²) >= 11 is 18.6. The summed E-state index contributed by atoms with van der Waals surface area (Å²) in [5, 5.41) is 10.9. The van der Waals surface area contributed by atoms with Crippen LogP contribution < -0.4 is 4.90 Å². The zero-order valence-electron chi connectivity index (χ0n) is 11.9. The van der Waals surface area contributed by atoms with Crippen LogP contribution in [0.15, 0.2) is 18.2 Å². The zero-order chi connectivity index (χ0) is 15.9. The Morgan fingerprint density at radius 3 is 2.73 bits per heavy atom. The van der Waals surface area contributed by atoms with Crippen LogP contribution in [-0.4, -0.2) is 28.2 Å². The quantitative estimate of drug-likeness (QED) is 0.828. The molecule has 0 saturated heterocycles. The molecule has 4 nitrogen and oxygen atoms in total. The fourth-order valence-electron chi connectivity index (χ4n) is 2.79. The van der Waals surface area contributed by atoms with E-state index in [1.165, 1.54) is 0 Å². The molecule has 22 heavy (non-hydrogen) atoms. The molecule has 0 radical (unpaired) electrons. The van der Waals surface area contributed by atoms with Crippen molar-refractivity contribution in [1.82, 2.24) is 9.97 Å². The molecule has 3 rings (SSSR count). The van der Waals surface area contributed by atoms with Crippen LogP contribution in [0.1, 0.15) is 23.7 Å². The standard InChI is InChI=1S/C15H14Cl3N3O/c1-8-19-14(18)13-9(4-5-22)7-21(15(13)20-8)12-3-2-10(16)6-11(12)17/h2-3,6,9,22H,4-5,7H2,1H3. The maximum absolute atomic E-state index is 9.30. The van der Waals surface area contributed by atoms with Gasteiger partial charge in [0.1, 0.15) is 16.8 Å². The first-order chi connectivity index (χ1) is 10.5. The predicted molar refractivity (Wildman–Crippen MR) is 89.7 cm³/mol. The highest BCUT2D eigenvalue weighted by Crippen LogP contribution is 2.45. The number of halogens is 3. The average Bonchev–Trinajstić information content (AvgIpc) is 2.78. The second kappa shape index (κ2) is 6.20. The number of aromatic nitrogens is 2. The largest absolute Gasteiger partial charge is 0.396 e. The van der Waals surface area contributed by atoms with Crippen molar-refractivity contribution in [2.45, 2.75) is 19.3 Å². The molecule has 0 bridgehead atoms. The van der Waals surface area contributed by atoms with Gasteiger partial charge >= 0.3 is 0 Å². The number of fused-ring (bicyclic) bond motifs is 1. The van der Waals surface area contributed by atoms with Gasteiger partial charge in [0.25, 0.3) is 0 Å². The summed E-state index contributed by atoms with van der Waals surface area (Å²) in [5.74, 6) is 1.42. The lowest BCUT2D eigenvalue weighted by molar-refractivity contribution is 0.278. The fourth-order valence-corrected chi connectivity index (χ4v) is 3.66. The highest BCUT2D eigenvalue weighted by molar-refractivity contribution is 6.36. The Morgan fingerprint density at radius 2 is 2.05 bits per heavy atom. The Morgan fingerprint density at radius 1 is 1.27 bits per heavy atom. The highest BCUT2D eigenvalue weighted by Gasteiger charge is 2.34. The van der Waals surface area contributed by atoms with E-state index in [4.69, 9.17) is 34.8 Å². The third kappa shape index (κ3) is 2.76. The molecule has 1 N–H and O–H groups in total. The molecular formula is C15H14Cl3N3O. The monoisotopic (exact) mass is 357 g/mol. The molecule has 1 unspecified atom stereocenters. The zero-order valence-corrected chi connectivity index (χ0v) is 14.1. The number of benzene rings is 1. The summed E-state index contributed by atoms with van der Waals surface area (Å²) in [7, 11) is 0. The van der Waals surface area contributed by atoms with Crippen molar-refractivity contribution < 1.29 is 5.11 Å². The van der Waals surface area contributed by atoms with E-state index in [0.717, 1.165) is 17.1 Å². The van der Waals surface area contributed by atoms with Crippen LogP contribution in [0.4, 0.5) is 11.5 Å². The van der Waals surface area contributed by atoms with Crippen LogP contribution in [0.3, 0.4) is 0 Å². The molecule has 1 aliphatic rings. The summed E-state index contributed by atoms with van der Waals surface area (Å²) in [5.41, 5.74) is 1.69. The Hall–Kier alpha value is -1.07. The SMILES string of the molecule is Cc1nc(Cl)c2c(n1)N(c1ccc(Cl)cc1Cl)CC2CCO. The minimum Gasteiger partial charge on any atom is -0.396 e. The predicted octanol–water partition coefficient (Wildman–Crippen LogP) is 4.36. The molecule has 116 valence electrons. The van der Waals surface area contributed by atoms with Crippen LogP contribution >= 0.6 is 34.8 Å². The van der Waals surface area contributed by atoms with Crippen molar-refractivity contribution in [3.05, 3.63) is 44.8 Å². The van der Waals surface area contributed by atoms with E-state index in [2.05, 4.69) is 9.97 Å². The number of hydrogen-bond donors (Lipinski definition) is 1. The van der Waals surface area contributed by atoms with Gasteiger partial charge in [-0.1, -0.05) is 34.8 Å². The van der Waals surface area contributed by atoms with E-state index < -0.39 is 0 Å². The van der Waals surface area contributed by atoms with E-state index in [9.17, 15) is 5.11 Å². The molecule has 1 aromatic carbocycles. The molecule has 2 heterocycles. The van der Waals surface area contributed by atoms with Gasteiger partial charge in [0.2, 0.25) is 0 Å². The van der Waals surface area contributed by atoms with Crippen LogP contribution in [-0.2, 0) is 0 Å². The molecule has 2 aromatic rings. The minimum absolute atomic E-state index is 0.0693. The molecule has 1 aliphatic heterocycles. The van der Waals surface area contributed by atoms with E-state index in [-0.39, 0.29) is 12.5 Å². The molecular weight excluding hydrogens is 345 g/mol. The Balaban J connectivity index is 2.12. The summed E-state index contributed by atoms with van der Waals surface area (Å²) < 4.78 is 0. The van der Waals surface area contributed by atoms with Crippen molar-refractivity contribution in [2.75, 3.05) is 18.1 Å². The topological polar surface area (TPSA) is 49.2 Å². The van der Waals surface area contributed by atoms with Gasteiger partial charge in [0, 0.05) is 29.7 Å². The molecule has 0 saturated carbocycles. The summed E-state index contributed by atoms with van der Waals surface area (Å²) in [6.07, 6.45) is 0.598. The van der Waals surface area contributed by atoms with Crippen molar-refractivity contribution in [1.29, 1.82) is 0 Å². The Bertz CT molecular complexity index is 723. The molecule has 1 aromatic heterocycles. The van der Waals surface area contributed by atoms with E-state index in [1.807, 2.05) is 11.0 Å². The second-order valence-electron chi connectivity index (χ2n) is 5.21. The molecule has 0 aliphatic carbocycles. The number of rotatable bonds is 3. The molecule has 0 amide bonds. The number of anilines is 2. The van der Waals surface area contributed by atoms with E-state index in [1.54, 1.807) is 19.1 Å². The lowest BCUT2D eigenvalue weighted by atomic mass is 10.0. The van der Waals surface area contributed by atoms with Gasteiger partial charge in [-0.2, -0.15) is 0 Å². The summed E-state index contributed by atoms with van der Waals surface area (Å²) in [6.45, 7) is 2.53. The van der Waals surface area contributed by atoms with Gasteiger partial charge in [0.15, 0.2) is 0 Å². The third-order valence-corrected chi connectivity index (χ3v) is 4.56. The lowest BCUT2D eigenvalue weighted by Gasteiger charge is -2.20. The molecule has 0 spiro atoms. The normalized spacial score (nSPS) is 17.0. The number of hydrogen-bond acceptors (Lipinski definition) is 4. The molecule has 1 atom stereocenters. The van der Waals surface area contributed by atoms with Gasteiger partial charge < -0.3 is 10.0 Å². The van der Waals surface area contributed by atoms with Crippen molar-refractivity contribution in [2.24, 2.45) is 0 Å². The first kappa shape index (κ1) is 15.8. The second-order valence-corrected chi connectivity index (χ2v) is 6.42. The molecule has 0 fully saturated rings. The minimum atomic E-state index is 0.0693. The summed E-state index contributed by atoms with van der Waals surface area (Å²) in [6, 6.07) is 5.35. The van der Waals surface area contributed by atoms with Gasteiger partial charge in [-0.25, -0.2) is 9.97 Å². The van der Waals surface area contributed by atoms with Gasteiger partial charge in [-0.3, -0.25) is 0 Å². The van der Waals surface area contributed by atoms with Crippen LogP contribution in [0, 0.1) is 6.92 Å². The lowest BCUT2D eigenvalue weighted by Crippen LogP contribution is -2.17. The van der Waals surface area contributed by atoms with Crippen molar-refractivity contribution in [3.8, 4) is 0 Å². The van der Waals surface area contributed by atoms with Crippen LogP contribution in [0.5, 0.6) is 0 Å². The number of aliphatic hydroxyl groups is 1. The fraction of sp³-hybridized carbons (Fsp3) is 0.333. The van der Waals surface area contributed by atoms with Gasteiger partial charge in [0.05, 0.1) is 10.7 Å². The average molecular weight is 359 g/mol. The molecule has 7 heteroatoms. The highest BCUT2D eigenvalue weighted by atomic mass is 35.5. The van der Waals surface area contributed by atoms with E-state index >= 15 is 0 Å². The van der Waals surface area contributed by atoms with Crippen LogP contribution in [0.25, 0.3) is 0 Å². The van der Waals surface area contributed by atoms with E-state index in [0.29, 0.717) is 34.0 Å². The van der Waals surface area contributed by atoms with Crippen molar-refractivity contribution >= 4 is 46.3 Å². The van der Waals surface area contributed by atoms with Gasteiger partial charge in [-0.05, 0) is 31.5 Å². The first-order valence-corrected chi connectivity index (χ1v) is 8.02. The first-order valence-electron chi connectivity index (χ1n) is 6.88. The van der Waals surface area contributed by atoms with Crippen LogP contribution in [0.2, 0.25) is 15.2 Å². The number of nitrogens with zero attached hydrogens (tertiary/aromatic N) is 3. The van der Waals surface area contributed by atoms with Gasteiger partial charge in [-0.15, -0.1) is 0 Å². The third-order valence-electron chi connectivity index (χ3n) is 3.74. The maximum atomic E-state index is 9.30. The number of aryl methyl sites for hydroxylation is 1. The Labute approximate surface area is 143 Å². The smallest absolute Gasteiger partial charge is 0.141 e. The summed E-state index contributed by atoms with van der Waals surface area (Å²) in [4.78, 5) is 10.8. The number of aliphatic hydroxyl groups excluding tert-OH is 1. The maximum Gasteiger partial charge on any atom is 0.141 e. The van der Waals surface area contributed by atoms with Crippen molar-refractivity contribution in [3.63, 3.8) is 0 Å².